The quantitative estimate of drug-likeness (QED) is 0.528. The second-order valence-electron chi connectivity index (χ2n) is 2.57. The van der Waals surface area contributed by atoms with Crippen LogP contribution in [0.4, 0.5) is 0 Å². The minimum atomic E-state index is 0.0296. The Hall–Kier alpha value is 0.518. The van der Waals surface area contributed by atoms with Crippen molar-refractivity contribution in [1.29, 1.82) is 0 Å². The molecule has 1 saturated carbocycles. The number of aliphatic hydroxyl groups is 1. The van der Waals surface area contributed by atoms with Crippen molar-refractivity contribution in [1.82, 2.24) is 0 Å². The third-order valence-electron chi connectivity index (χ3n) is 1.74. The van der Waals surface area contributed by atoms with Gasteiger partial charge in [-0.1, -0.05) is 0 Å². The molecule has 0 heterocycles. The SMILES string of the molecule is OC1CCC([AsH2])CC1. The maximum absolute atomic E-state index is 9.03. The van der Waals surface area contributed by atoms with Crippen LogP contribution < -0.4 is 0 Å². The predicted molar refractivity (Wildman–Crippen MR) is 36.8 cm³/mol. The monoisotopic (exact) mass is 176 g/mol. The van der Waals surface area contributed by atoms with Gasteiger partial charge in [-0.15, -0.1) is 0 Å². The summed E-state index contributed by atoms with van der Waals surface area (Å²) in [6.07, 6.45) is 4.62. The first-order valence-electron chi connectivity index (χ1n) is 3.22. The zero-order chi connectivity index (χ0) is 5.98. The van der Waals surface area contributed by atoms with Gasteiger partial charge in [0, 0.05) is 0 Å². The molecular formula is C6H13AsO. The van der Waals surface area contributed by atoms with Gasteiger partial charge in [0.1, 0.15) is 0 Å². The summed E-state index contributed by atoms with van der Waals surface area (Å²) in [5.74, 6) is 0. The first-order chi connectivity index (χ1) is 3.79. The Morgan fingerprint density at radius 1 is 1.12 bits per heavy atom. The van der Waals surface area contributed by atoms with Crippen molar-refractivity contribution < 1.29 is 5.11 Å². The molecule has 0 bridgehead atoms. The summed E-state index contributed by atoms with van der Waals surface area (Å²) >= 11 is 1.84. The van der Waals surface area contributed by atoms with Gasteiger partial charge in [0.25, 0.3) is 0 Å². The van der Waals surface area contributed by atoms with E-state index in [4.69, 9.17) is 5.11 Å². The van der Waals surface area contributed by atoms with Crippen LogP contribution in [0.25, 0.3) is 0 Å². The molecule has 0 aromatic rings. The third-order valence-corrected chi connectivity index (χ3v) is 3.14. The fourth-order valence-electron chi connectivity index (χ4n) is 1.10. The van der Waals surface area contributed by atoms with E-state index in [1.54, 1.807) is 0 Å². The van der Waals surface area contributed by atoms with Gasteiger partial charge in [0.15, 0.2) is 0 Å². The van der Waals surface area contributed by atoms with Gasteiger partial charge in [-0.2, -0.15) is 0 Å². The molecule has 0 aliphatic heterocycles. The first kappa shape index (κ1) is 6.64. The van der Waals surface area contributed by atoms with Gasteiger partial charge >= 0.3 is 58.5 Å². The van der Waals surface area contributed by atoms with Crippen LogP contribution in [0.15, 0.2) is 0 Å². The van der Waals surface area contributed by atoms with Crippen molar-refractivity contribution in [3.63, 3.8) is 0 Å². The summed E-state index contributed by atoms with van der Waals surface area (Å²) in [5, 5.41) is 9.03. The Balaban J connectivity index is 2.19. The van der Waals surface area contributed by atoms with Gasteiger partial charge in [0.05, 0.1) is 0 Å². The Morgan fingerprint density at radius 2 is 1.62 bits per heavy atom. The summed E-state index contributed by atoms with van der Waals surface area (Å²) < 4.78 is 0.922. The zero-order valence-electron chi connectivity index (χ0n) is 5.01. The van der Waals surface area contributed by atoms with E-state index in [0.717, 1.165) is 17.5 Å². The molecule has 1 N–H and O–H groups in total. The van der Waals surface area contributed by atoms with E-state index in [0.29, 0.717) is 0 Å². The summed E-state index contributed by atoms with van der Waals surface area (Å²) in [7, 11) is 0. The Kier molecular flexibility index (Phi) is 2.40. The van der Waals surface area contributed by atoms with Gasteiger partial charge in [-0.3, -0.25) is 0 Å². The molecule has 0 spiro atoms. The van der Waals surface area contributed by atoms with Crippen LogP contribution >= 0.6 is 0 Å². The molecule has 1 unspecified atom stereocenters. The molecule has 0 aromatic heterocycles. The van der Waals surface area contributed by atoms with E-state index in [1.165, 1.54) is 12.8 Å². The van der Waals surface area contributed by atoms with E-state index in [9.17, 15) is 0 Å². The molecule has 1 rings (SSSR count). The van der Waals surface area contributed by atoms with Crippen LogP contribution in [0.5, 0.6) is 0 Å². The molecule has 8 heavy (non-hydrogen) atoms. The molecule has 1 aliphatic carbocycles. The van der Waals surface area contributed by atoms with Crippen molar-refractivity contribution in [2.24, 2.45) is 0 Å². The van der Waals surface area contributed by atoms with Crippen LogP contribution in [0.1, 0.15) is 25.7 Å². The summed E-state index contributed by atoms with van der Waals surface area (Å²) in [4.78, 5) is 0. The molecule has 1 nitrogen and oxygen atoms in total. The van der Waals surface area contributed by atoms with Crippen LogP contribution in [0.2, 0.25) is 4.71 Å². The second kappa shape index (κ2) is 2.89. The Labute approximate surface area is 59.0 Å². The van der Waals surface area contributed by atoms with Crippen molar-refractivity contribution in [3.05, 3.63) is 0 Å². The first-order valence-corrected chi connectivity index (χ1v) is 4.62. The zero-order valence-corrected chi connectivity index (χ0v) is 7.43. The molecular weight excluding hydrogens is 163 g/mol. The molecule has 1 aliphatic rings. The summed E-state index contributed by atoms with van der Waals surface area (Å²) in [6, 6.07) is 0. The average Bonchev–Trinajstić information content (AvgIpc) is 1.77. The van der Waals surface area contributed by atoms with E-state index in [-0.39, 0.29) is 6.10 Å². The van der Waals surface area contributed by atoms with Gasteiger partial charge in [0.2, 0.25) is 0 Å². The molecule has 0 aromatic carbocycles. The Morgan fingerprint density at radius 3 is 2.00 bits per heavy atom. The van der Waals surface area contributed by atoms with Gasteiger partial charge in [-0.25, -0.2) is 0 Å². The summed E-state index contributed by atoms with van der Waals surface area (Å²) in [5.41, 5.74) is 0. The number of hydrogen-bond donors (Lipinski definition) is 1. The van der Waals surface area contributed by atoms with Crippen molar-refractivity contribution >= 4 is 16.9 Å². The van der Waals surface area contributed by atoms with Gasteiger partial charge < -0.3 is 0 Å². The van der Waals surface area contributed by atoms with Crippen LogP contribution in [-0.4, -0.2) is 28.1 Å². The van der Waals surface area contributed by atoms with Crippen LogP contribution in [-0.2, 0) is 0 Å². The van der Waals surface area contributed by atoms with Gasteiger partial charge in [-0.05, 0) is 0 Å². The fraction of sp³-hybridized carbons (Fsp3) is 1.00. The standard InChI is InChI=1S/C6H13AsO/c7-5-1-3-6(8)4-2-5/h5-6,8H,1-4,7H2. The predicted octanol–water partition coefficient (Wildman–Crippen LogP) is 0.343. The minimum absolute atomic E-state index is 0.0296. The Bertz CT molecular complexity index is 56.9. The number of aliphatic hydroxyl groups excluding tert-OH is 1. The number of rotatable bonds is 0. The third kappa shape index (κ3) is 1.79. The molecule has 0 radical (unpaired) electrons. The van der Waals surface area contributed by atoms with Crippen molar-refractivity contribution in [2.45, 2.75) is 36.5 Å². The molecule has 2 heteroatoms. The van der Waals surface area contributed by atoms with Crippen LogP contribution in [0.3, 0.4) is 0 Å². The average molecular weight is 176 g/mol. The van der Waals surface area contributed by atoms with E-state index < -0.39 is 0 Å². The van der Waals surface area contributed by atoms with Crippen LogP contribution in [0, 0.1) is 0 Å². The molecule has 48 valence electrons. The van der Waals surface area contributed by atoms with E-state index in [1.807, 2.05) is 16.9 Å². The maximum atomic E-state index is 9.03. The summed E-state index contributed by atoms with van der Waals surface area (Å²) in [6.45, 7) is 0. The van der Waals surface area contributed by atoms with Crippen molar-refractivity contribution in [3.8, 4) is 0 Å². The molecule has 1 fully saturated rings. The molecule has 0 saturated heterocycles. The van der Waals surface area contributed by atoms with E-state index >= 15 is 0 Å². The topological polar surface area (TPSA) is 20.2 Å². The normalized spacial score (nSPS) is 39.8. The van der Waals surface area contributed by atoms with E-state index in [2.05, 4.69) is 0 Å². The second-order valence-corrected chi connectivity index (χ2v) is 4.55. The molecule has 1 atom stereocenters. The molecule has 0 amide bonds. The number of hydrogen-bond acceptors (Lipinski definition) is 1. The fourth-order valence-corrected chi connectivity index (χ4v) is 1.91. The van der Waals surface area contributed by atoms with Crippen molar-refractivity contribution in [2.75, 3.05) is 0 Å².